The first-order valence-corrected chi connectivity index (χ1v) is 11.5. The molecule has 27 heavy (non-hydrogen) atoms. The van der Waals surface area contributed by atoms with Gasteiger partial charge in [-0.3, -0.25) is 19.1 Å². The molecule has 0 aromatic rings. The van der Waals surface area contributed by atoms with Gasteiger partial charge < -0.3 is 5.11 Å². The van der Waals surface area contributed by atoms with E-state index in [4.69, 9.17) is 5.11 Å². The molecule has 0 aromatic heterocycles. The number of carboxylic acids is 1. The molecule has 0 bridgehead atoms. The highest BCUT2D eigenvalue weighted by atomic mass is 32.2. The van der Waals surface area contributed by atoms with Gasteiger partial charge in [0.1, 0.15) is 5.75 Å². The first-order chi connectivity index (χ1) is 13.0. The van der Waals surface area contributed by atoms with E-state index in [-0.39, 0.29) is 10.7 Å². The predicted octanol–water partition coefficient (Wildman–Crippen LogP) is 4.89. The third-order valence-electron chi connectivity index (χ3n) is 4.20. The largest absolute Gasteiger partial charge is 0.481 e. The van der Waals surface area contributed by atoms with Crippen molar-refractivity contribution < 1.29 is 19.0 Å². The van der Waals surface area contributed by atoms with Crippen LogP contribution in [0, 0.1) is 10.1 Å². The van der Waals surface area contributed by atoms with Crippen molar-refractivity contribution in [2.24, 2.45) is 0 Å². The van der Waals surface area contributed by atoms with E-state index < -0.39 is 22.8 Å². The first kappa shape index (κ1) is 25.5. The molecule has 0 heterocycles. The Balaban J connectivity index is 3.80. The highest BCUT2D eigenvalue weighted by molar-refractivity contribution is 7.85. The normalized spacial score (nSPS) is 14.0. The number of allylic oxidation sites excluding steroid dienone is 3. The van der Waals surface area contributed by atoms with Gasteiger partial charge >= 0.3 is 5.97 Å². The molecular formula is C20H35NO5S. The highest BCUT2D eigenvalue weighted by Crippen LogP contribution is 2.11. The number of rotatable bonds is 18. The summed E-state index contributed by atoms with van der Waals surface area (Å²) in [6.45, 7) is 2.18. The fourth-order valence-electron chi connectivity index (χ4n) is 2.67. The summed E-state index contributed by atoms with van der Waals surface area (Å²) in [7, 11) is -1.28. The maximum Gasteiger partial charge on any atom is 0.316 e. The summed E-state index contributed by atoms with van der Waals surface area (Å²) in [5, 5.41) is 19.7. The van der Waals surface area contributed by atoms with Crippen LogP contribution in [0.2, 0.25) is 0 Å². The van der Waals surface area contributed by atoms with Crippen LogP contribution in [0.3, 0.4) is 0 Å². The molecule has 0 spiro atoms. The maximum atomic E-state index is 11.4. The van der Waals surface area contributed by atoms with Gasteiger partial charge in [-0.25, -0.2) is 0 Å². The summed E-state index contributed by atoms with van der Waals surface area (Å²) in [6, 6.07) is -0.624. The van der Waals surface area contributed by atoms with Gasteiger partial charge in [0.25, 0.3) is 0 Å². The Morgan fingerprint density at radius 2 is 1.78 bits per heavy atom. The molecule has 0 fully saturated rings. The maximum absolute atomic E-state index is 11.4. The van der Waals surface area contributed by atoms with Gasteiger partial charge in [0.05, 0.1) is 0 Å². The van der Waals surface area contributed by atoms with E-state index in [2.05, 4.69) is 19.1 Å². The Labute approximate surface area is 165 Å². The SMILES string of the molecule is CCCCCC=CCC=CC(CCCCCCCS(=O)CC(=O)O)[N+](=O)[O-]. The molecule has 0 aromatic carbocycles. The monoisotopic (exact) mass is 401 g/mol. The van der Waals surface area contributed by atoms with Crippen LogP contribution < -0.4 is 0 Å². The van der Waals surface area contributed by atoms with Gasteiger partial charge in [-0.2, -0.15) is 0 Å². The molecule has 1 N–H and O–H groups in total. The second kappa shape index (κ2) is 17.9. The predicted molar refractivity (Wildman–Crippen MR) is 111 cm³/mol. The molecule has 2 atom stereocenters. The van der Waals surface area contributed by atoms with Crippen LogP contribution in [0.1, 0.15) is 77.6 Å². The first-order valence-electron chi connectivity index (χ1n) is 9.99. The van der Waals surface area contributed by atoms with Gasteiger partial charge in [0, 0.05) is 27.9 Å². The van der Waals surface area contributed by atoms with Crippen LogP contribution in [0.5, 0.6) is 0 Å². The number of carbonyl (C=O) groups is 1. The molecule has 6 nitrogen and oxygen atoms in total. The summed E-state index contributed by atoms with van der Waals surface area (Å²) in [5.74, 6) is -0.900. The lowest BCUT2D eigenvalue weighted by molar-refractivity contribution is -0.510. The summed E-state index contributed by atoms with van der Waals surface area (Å²) in [6.07, 6.45) is 18.0. The van der Waals surface area contributed by atoms with Gasteiger partial charge in [-0.1, -0.05) is 57.3 Å². The average molecular weight is 402 g/mol. The zero-order valence-corrected chi connectivity index (χ0v) is 17.3. The van der Waals surface area contributed by atoms with Crippen LogP contribution in [0.4, 0.5) is 0 Å². The molecule has 0 amide bonds. The van der Waals surface area contributed by atoms with Crippen LogP contribution in [0.15, 0.2) is 24.3 Å². The number of aliphatic carboxylic acids is 1. The summed E-state index contributed by atoms with van der Waals surface area (Å²) in [4.78, 5) is 21.3. The molecule has 0 aliphatic heterocycles. The van der Waals surface area contributed by atoms with E-state index in [9.17, 15) is 19.1 Å². The minimum Gasteiger partial charge on any atom is -0.481 e. The van der Waals surface area contributed by atoms with Gasteiger partial charge in [-0.15, -0.1) is 0 Å². The number of nitrogens with zero attached hydrogens (tertiary/aromatic N) is 1. The summed E-state index contributed by atoms with van der Waals surface area (Å²) in [5.41, 5.74) is 0. The third kappa shape index (κ3) is 17.7. The topological polar surface area (TPSA) is 97.5 Å². The Hall–Kier alpha value is -1.50. The van der Waals surface area contributed by atoms with Crippen molar-refractivity contribution in [2.45, 2.75) is 83.6 Å². The van der Waals surface area contributed by atoms with Crippen LogP contribution in [-0.2, 0) is 15.6 Å². The fraction of sp³-hybridized carbons (Fsp3) is 0.750. The molecule has 0 rings (SSSR count). The quantitative estimate of drug-likeness (QED) is 0.153. The van der Waals surface area contributed by atoms with E-state index in [1.807, 2.05) is 6.08 Å². The number of hydrogen-bond acceptors (Lipinski definition) is 4. The van der Waals surface area contributed by atoms with Crippen molar-refractivity contribution in [2.75, 3.05) is 11.5 Å². The molecule has 7 heteroatoms. The molecule has 0 aliphatic rings. The minimum absolute atomic E-state index is 0.226. The van der Waals surface area contributed by atoms with E-state index in [0.717, 1.165) is 44.9 Å². The van der Waals surface area contributed by atoms with Crippen molar-refractivity contribution in [1.82, 2.24) is 0 Å². The van der Waals surface area contributed by atoms with Crippen molar-refractivity contribution >= 4 is 16.8 Å². The fourth-order valence-corrected chi connectivity index (χ4v) is 3.62. The van der Waals surface area contributed by atoms with Crippen molar-refractivity contribution in [3.05, 3.63) is 34.4 Å². The van der Waals surface area contributed by atoms with E-state index in [1.54, 1.807) is 6.08 Å². The Kier molecular flexibility index (Phi) is 16.9. The van der Waals surface area contributed by atoms with Crippen molar-refractivity contribution in [3.63, 3.8) is 0 Å². The standard InChI is InChI=1S/C20H35NO5S/c1-2-3-4-5-6-7-9-12-15-19(21(24)25)16-13-10-8-11-14-17-27(26)18-20(22)23/h6-7,12,15,19H,2-5,8-11,13-14,16-18H2,1H3,(H,22,23). The van der Waals surface area contributed by atoms with E-state index >= 15 is 0 Å². The Bertz CT molecular complexity index is 491. The summed E-state index contributed by atoms with van der Waals surface area (Å²) >= 11 is 0. The molecule has 2 unspecified atom stereocenters. The lowest BCUT2D eigenvalue weighted by atomic mass is 10.1. The van der Waals surface area contributed by atoms with Gasteiger partial charge in [-0.05, 0) is 38.2 Å². The lowest BCUT2D eigenvalue weighted by Gasteiger charge is -2.05. The molecule has 0 saturated heterocycles. The van der Waals surface area contributed by atoms with Gasteiger partial charge in [0.2, 0.25) is 6.04 Å². The Morgan fingerprint density at radius 1 is 1.07 bits per heavy atom. The smallest absolute Gasteiger partial charge is 0.316 e. The van der Waals surface area contributed by atoms with Gasteiger partial charge in [0.15, 0.2) is 0 Å². The number of nitro groups is 1. The average Bonchev–Trinajstić information content (AvgIpc) is 2.60. The molecule has 0 saturated carbocycles. The second-order valence-corrected chi connectivity index (χ2v) is 8.30. The van der Waals surface area contributed by atoms with Crippen LogP contribution in [0.25, 0.3) is 0 Å². The van der Waals surface area contributed by atoms with Crippen molar-refractivity contribution in [1.29, 1.82) is 0 Å². The van der Waals surface area contributed by atoms with Crippen molar-refractivity contribution in [3.8, 4) is 0 Å². The molecule has 0 radical (unpaired) electrons. The minimum atomic E-state index is -1.28. The van der Waals surface area contributed by atoms with Crippen LogP contribution >= 0.6 is 0 Å². The zero-order chi connectivity index (χ0) is 20.3. The number of unbranched alkanes of at least 4 members (excludes halogenated alkanes) is 7. The van der Waals surface area contributed by atoms with E-state index in [1.165, 1.54) is 19.3 Å². The molecule has 156 valence electrons. The van der Waals surface area contributed by atoms with Crippen LogP contribution in [-0.4, -0.2) is 37.8 Å². The third-order valence-corrected chi connectivity index (χ3v) is 5.51. The molecule has 0 aliphatic carbocycles. The summed E-state index contributed by atoms with van der Waals surface area (Å²) < 4.78 is 11.4. The number of carboxylic acid groups (broad SMARTS) is 1. The zero-order valence-electron chi connectivity index (χ0n) is 16.5. The lowest BCUT2D eigenvalue weighted by Crippen LogP contribution is -2.16. The molecular weight excluding hydrogens is 366 g/mol. The highest BCUT2D eigenvalue weighted by Gasteiger charge is 2.14. The Morgan fingerprint density at radius 3 is 2.44 bits per heavy atom. The number of hydrogen-bond donors (Lipinski definition) is 1. The second-order valence-electron chi connectivity index (χ2n) is 6.72. The van der Waals surface area contributed by atoms with E-state index in [0.29, 0.717) is 12.2 Å².